The minimum Gasteiger partial charge on any atom is -0.480 e. The zero-order valence-electron chi connectivity index (χ0n) is 10.4. The third kappa shape index (κ3) is 4.42. The van der Waals surface area contributed by atoms with Crippen molar-refractivity contribution < 1.29 is 24.2 Å². The summed E-state index contributed by atoms with van der Waals surface area (Å²) in [5.41, 5.74) is 0. The zero-order chi connectivity index (χ0) is 13.5. The number of hydrogen-bond acceptors (Lipinski definition) is 5. The van der Waals surface area contributed by atoms with Gasteiger partial charge in [-0.3, -0.25) is 24.2 Å². The first-order chi connectivity index (χ1) is 8.54. The Morgan fingerprint density at radius 2 is 1.94 bits per heavy atom. The van der Waals surface area contributed by atoms with Crippen molar-refractivity contribution in [3.05, 3.63) is 0 Å². The summed E-state index contributed by atoms with van der Waals surface area (Å²) in [4.78, 5) is 36.3. The second-order valence-electron chi connectivity index (χ2n) is 4.10. The second kappa shape index (κ2) is 7.07. The summed E-state index contributed by atoms with van der Waals surface area (Å²) in [5.74, 6) is -1.30. The van der Waals surface area contributed by atoms with E-state index in [9.17, 15) is 14.4 Å². The third-order valence-electron chi connectivity index (χ3n) is 2.77. The lowest BCUT2D eigenvalue weighted by Crippen LogP contribution is -2.41. The van der Waals surface area contributed by atoms with Crippen molar-refractivity contribution >= 4 is 17.8 Å². The molecule has 0 bridgehead atoms. The Bertz CT molecular complexity index is 315. The second-order valence-corrected chi connectivity index (χ2v) is 4.10. The van der Waals surface area contributed by atoms with Crippen molar-refractivity contribution in [1.29, 1.82) is 0 Å². The molecule has 1 fully saturated rings. The van der Waals surface area contributed by atoms with Gasteiger partial charge in [-0.05, 0) is 0 Å². The summed E-state index contributed by atoms with van der Waals surface area (Å²) >= 11 is 0. The van der Waals surface area contributed by atoms with E-state index in [0.717, 1.165) is 0 Å². The van der Waals surface area contributed by atoms with Gasteiger partial charge < -0.3 is 9.84 Å². The van der Waals surface area contributed by atoms with E-state index >= 15 is 0 Å². The molecule has 1 rings (SSSR count). The quantitative estimate of drug-likeness (QED) is 0.572. The first-order valence-corrected chi connectivity index (χ1v) is 5.81. The van der Waals surface area contributed by atoms with Gasteiger partial charge in [-0.1, -0.05) is 0 Å². The highest BCUT2D eigenvalue weighted by molar-refractivity contribution is 6.01. The predicted molar refractivity (Wildman–Crippen MR) is 61.9 cm³/mol. The molecule has 0 atom stereocenters. The fraction of sp³-hybridized carbons (Fsp3) is 0.727. The molecule has 0 aromatic rings. The number of rotatable bonds is 8. The van der Waals surface area contributed by atoms with E-state index in [1.54, 1.807) is 4.90 Å². The Kier molecular flexibility index (Phi) is 5.73. The number of imide groups is 1. The molecule has 1 saturated heterocycles. The van der Waals surface area contributed by atoms with Gasteiger partial charge in [0.15, 0.2) is 0 Å². The average Bonchev–Trinajstić information content (AvgIpc) is 2.62. The van der Waals surface area contributed by atoms with Gasteiger partial charge in [0.1, 0.15) is 0 Å². The summed E-state index contributed by atoms with van der Waals surface area (Å²) in [7, 11) is 1.53. The smallest absolute Gasteiger partial charge is 0.317 e. The summed E-state index contributed by atoms with van der Waals surface area (Å²) in [6.45, 7) is 1.34. The van der Waals surface area contributed by atoms with Crippen LogP contribution in [0.5, 0.6) is 0 Å². The Morgan fingerprint density at radius 1 is 1.33 bits per heavy atom. The van der Waals surface area contributed by atoms with Gasteiger partial charge >= 0.3 is 5.97 Å². The summed E-state index contributed by atoms with van der Waals surface area (Å²) in [5, 5.41) is 8.75. The van der Waals surface area contributed by atoms with Crippen molar-refractivity contribution in [3.8, 4) is 0 Å². The number of carbonyl (C=O) groups is 3. The molecule has 7 heteroatoms. The third-order valence-corrected chi connectivity index (χ3v) is 2.77. The van der Waals surface area contributed by atoms with Crippen LogP contribution in [0, 0.1) is 0 Å². The number of aliphatic carboxylic acids is 1. The zero-order valence-corrected chi connectivity index (χ0v) is 10.4. The molecule has 0 spiro atoms. The van der Waals surface area contributed by atoms with Gasteiger partial charge in [0, 0.05) is 39.6 Å². The Hall–Kier alpha value is -1.47. The van der Waals surface area contributed by atoms with Crippen LogP contribution >= 0.6 is 0 Å². The molecule has 2 amide bonds. The largest absolute Gasteiger partial charge is 0.480 e. The molecule has 0 radical (unpaired) electrons. The van der Waals surface area contributed by atoms with Crippen LogP contribution in [0.1, 0.15) is 12.8 Å². The maximum Gasteiger partial charge on any atom is 0.317 e. The predicted octanol–water partition coefficient (Wildman–Crippen LogP) is -0.832. The summed E-state index contributed by atoms with van der Waals surface area (Å²) in [6.07, 6.45) is 0.520. The lowest BCUT2D eigenvalue weighted by Gasteiger charge is -2.22. The molecule has 0 unspecified atom stereocenters. The molecule has 7 nitrogen and oxygen atoms in total. The lowest BCUT2D eigenvalue weighted by molar-refractivity contribution is -0.139. The molecule has 0 aromatic carbocycles. The molecule has 18 heavy (non-hydrogen) atoms. The lowest BCUT2D eigenvalue weighted by atomic mass is 10.4. The Balaban J connectivity index is 2.42. The number of nitrogens with zero attached hydrogens (tertiary/aromatic N) is 2. The van der Waals surface area contributed by atoms with Crippen molar-refractivity contribution in [3.63, 3.8) is 0 Å². The fourth-order valence-electron chi connectivity index (χ4n) is 1.80. The Morgan fingerprint density at radius 3 is 2.44 bits per heavy atom. The number of ether oxygens (including phenoxy) is 1. The minimum atomic E-state index is -0.940. The van der Waals surface area contributed by atoms with Gasteiger partial charge in [0.25, 0.3) is 0 Å². The van der Waals surface area contributed by atoms with E-state index < -0.39 is 5.97 Å². The van der Waals surface area contributed by atoms with Crippen molar-refractivity contribution in [2.45, 2.75) is 12.8 Å². The molecule has 0 aliphatic carbocycles. The van der Waals surface area contributed by atoms with Gasteiger partial charge in [-0.15, -0.1) is 0 Å². The molecular weight excluding hydrogens is 240 g/mol. The van der Waals surface area contributed by atoms with Gasteiger partial charge in [-0.2, -0.15) is 0 Å². The molecule has 102 valence electrons. The number of carboxylic acids is 1. The van der Waals surface area contributed by atoms with E-state index in [0.29, 0.717) is 19.7 Å². The van der Waals surface area contributed by atoms with Crippen LogP contribution in [0.15, 0.2) is 0 Å². The number of carboxylic acid groups (broad SMARTS) is 1. The summed E-state index contributed by atoms with van der Waals surface area (Å²) < 4.78 is 4.89. The van der Waals surface area contributed by atoms with E-state index in [1.165, 1.54) is 12.0 Å². The van der Waals surface area contributed by atoms with Crippen LogP contribution in [0.25, 0.3) is 0 Å². The van der Waals surface area contributed by atoms with Crippen LogP contribution in [-0.4, -0.2) is 72.6 Å². The molecule has 0 aromatic heterocycles. The molecule has 1 N–H and O–H groups in total. The van der Waals surface area contributed by atoms with Gasteiger partial charge in [-0.25, -0.2) is 0 Å². The van der Waals surface area contributed by atoms with E-state index in [-0.39, 0.29) is 37.7 Å². The van der Waals surface area contributed by atoms with Crippen molar-refractivity contribution in [2.75, 3.05) is 39.9 Å². The van der Waals surface area contributed by atoms with E-state index in [4.69, 9.17) is 9.84 Å². The van der Waals surface area contributed by atoms with Crippen LogP contribution in [-0.2, 0) is 19.1 Å². The molecule has 1 aliphatic heterocycles. The Labute approximate surface area is 105 Å². The van der Waals surface area contributed by atoms with Gasteiger partial charge in [0.2, 0.25) is 11.8 Å². The van der Waals surface area contributed by atoms with Crippen LogP contribution in [0.3, 0.4) is 0 Å². The number of hydrogen-bond donors (Lipinski definition) is 1. The van der Waals surface area contributed by atoms with Crippen LogP contribution in [0.4, 0.5) is 0 Å². The number of amides is 2. The highest BCUT2D eigenvalue weighted by Gasteiger charge is 2.28. The van der Waals surface area contributed by atoms with Crippen LogP contribution in [0.2, 0.25) is 0 Å². The van der Waals surface area contributed by atoms with Crippen LogP contribution < -0.4 is 0 Å². The number of methoxy groups -OCH3 is 1. The average molecular weight is 258 g/mol. The van der Waals surface area contributed by atoms with Crippen molar-refractivity contribution in [2.24, 2.45) is 0 Å². The maximum atomic E-state index is 11.4. The maximum absolute atomic E-state index is 11.4. The SMILES string of the molecule is COCCN(CCN1C(=O)CCC1=O)CC(=O)O. The molecule has 1 heterocycles. The number of carbonyl (C=O) groups excluding carboxylic acids is 2. The van der Waals surface area contributed by atoms with Gasteiger partial charge in [0.05, 0.1) is 13.2 Å². The fourth-order valence-corrected chi connectivity index (χ4v) is 1.80. The first-order valence-electron chi connectivity index (χ1n) is 5.81. The molecule has 1 aliphatic rings. The highest BCUT2D eigenvalue weighted by atomic mass is 16.5. The van der Waals surface area contributed by atoms with E-state index in [1.807, 2.05) is 0 Å². The molecule has 0 saturated carbocycles. The molecular formula is C11H18N2O5. The van der Waals surface area contributed by atoms with E-state index in [2.05, 4.69) is 0 Å². The normalized spacial score (nSPS) is 15.8. The standard InChI is InChI=1S/C11H18N2O5/c1-18-7-6-12(8-11(16)17)4-5-13-9(14)2-3-10(13)15/h2-8H2,1H3,(H,16,17). The highest BCUT2D eigenvalue weighted by Crippen LogP contribution is 2.11. The minimum absolute atomic E-state index is 0.125. The monoisotopic (exact) mass is 258 g/mol. The van der Waals surface area contributed by atoms with Crippen molar-refractivity contribution in [1.82, 2.24) is 9.80 Å². The summed E-state index contributed by atoms with van der Waals surface area (Å²) in [6, 6.07) is 0. The topological polar surface area (TPSA) is 87.2 Å². The first kappa shape index (κ1) is 14.6. The number of likely N-dealkylation sites (tertiary alicyclic amines) is 1.